The summed E-state index contributed by atoms with van der Waals surface area (Å²) < 4.78 is 0. The van der Waals surface area contributed by atoms with Crippen LogP contribution in [0.2, 0.25) is 0 Å². The minimum absolute atomic E-state index is 0.562. The Kier molecular flexibility index (Phi) is 3.66. The molecule has 0 bridgehead atoms. The van der Waals surface area contributed by atoms with Crippen molar-refractivity contribution in [2.75, 3.05) is 18.9 Å². The molecule has 2 heteroatoms. The summed E-state index contributed by atoms with van der Waals surface area (Å²) >= 11 is 0. The molecule has 106 valence electrons. The maximum absolute atomic E-state index is 3.80. The number of likely N-dealkylation sites (tertiary alicyclic amines) is 1. The molecule has 0 spiro atoms. The molecule has 0 saturated carbocycles. The molecule has 1 heterocycles. The van der Waals surface area contributed by atoms with Crippen LogP contribution in [0.1, 0.15) is 20.3 Å². The van der Waals surface area contributed by atoms with Crippen molar-refractivity contribution in [3.63, 3.8) is 0 Å². The summed E-state index contributed by atoms with van der Waals surface area (Å²) in [5.74, 6) is 0.676. The number of nitrogens with zero attached hydrogens (tertiary/aromatic N) is 1. The van der Waals surface area contributed by atoms with Crippen molar-refractivity contribution < 1.29 is 0 Å². The van der Waals surface area contributed by atoms with Crippen LogP contribution < -0.4 is 5.32 Å². The largest absolute Gasteiger partial charge is 0.381 e. The van der Waals surface area contributed by atoms with Gasteiger partial charge in [0.1, 0.15) is 0 Å². The number of anilines is 1. The van der Waals surface area contributed by atoms with E-state index in [2.05, 4.69) is 73.6 Å². The van der Waals surface area contributed by atoms with Gasteiger partial charge >= 0.3 is 0 Å². The molecule has 3 atom stereocenters. The first kappa shape index (κ1) is 13.4. The van der Waals surface area contributed by atoms with Crippen LogP contribution in [0, 0.1) is 5.92 Å². The van der Waals surface area contributed by atoms with E-state index in [9.17, 15) is 0 Å². The maximum atomic E-state index is 3.80. The zero-order valence-corrected chi connectivity index (χ0v) is 12.6. The molecule has 1 N–H and O–H groups in total. The predicted molar refractivity (Wildman–Crippen MR) is 87.2 cm³/mol. The number of piperidine rings is 1. The molecule has 1 fully saturated rings. The molecule has 0 amide bonds. The first-order chi connectivity index (χ1) is 9.65. The smallest absolute Gasteiger partial charge is 0.0422 e. The Labute approximate surface area is 121 Å². The van der Waals surface area contributed by atoms with Crippen LogP contribution in [0.5, 0.6) is 0 Å². The van der Waals surface area contributed by atoms with Gasteiger partial charge in [0.15, 0.2) is 0 Å². The monoisotopic (exact) mass is 268 g/mol. The van der Waals surface area contributed by atoms with Crippen molar-refractivity contribution in [1.82, 2.24) is 4.90 Å². The molecular weight excluding hydrogens is 244 g/mol. The van der Waals surface area contributed by atoms with Crippen molar-refractivity contribution in [3.05, 3.63) is 42.5 Å². The van der Waals surface area contributed by atoms with E-state index in [1.54, 1.807) is 0 Å². The lowest BCUT2D eigenvalue weighted by molar-refractivity contribution is 0.146. The van der Waals surface area contributed by atoms with Crippen molar-refractivity contribution in [2.45, 2.75) is 32.4 Å². The van der Waals surface area contributed by atoms with Gasteiger partial charge in [-0.2, -0.15) is 0 Å². The number of rotatable bonds is 2. The van der Waals surface area contributed by atoms with Gasteiger partial charge in [-0.05, 0) is 37.8 Å². The number of nitrogens with one attached hydrogen (secondary N) is 1. The van der Waals surface area contributed by atoms with E-state index in [-0.39, 0.29) is 0 Å². The summed E-state index contributed by atoms with van der Waals surface area (Å²) in [5, 5.41) is 6.44. The third-order valence-corrected chi connectivity index (χ3v) is 4.74. The van der Waals surface area contributed by atoms with Gasteiger partial charge in [0.2, 0.25) is 0 Å². The zero-order valence-electron chi connectivity index (χ0n) is 12.6. The zero-order chi connectivity index (χ0) is 14.1. The Morgan fingerprint density at radius 1 is 1.05 bits per heavy atom. The van der Waals surface area contributed by atoms with Crippen LogP contribution in [-0.2, 0) is 0 Å². The highest BCUT2D eigenvalue weighted by molar-refractivity contribution is 5.93. The summed E-state index contributed by atoms with van der Waals surface area (Å²) in [6.07, 6.45) is 1.21. The fraction of sp³-hybridized carbons (Fsp3) is 0.444. The van der Waals surface area contributed by atoms with Crippen LogP contribution in [-0.4, -0.2) is 30.6 Å². The van der Waals surface area contributed by atoms with E-state index in [0.717, 1.165) is 0 Å². The Morgan fingerprint density at radius 3 is 2.65 bits per heavy atom. The Hall–Kier alpha value is -1.54. The van der Waals surface area contributed by atoms with Gasteiger partial charge in [-0.1, -0.05) is 43.3 Å². The third-order valence-electron chi connectivity index (χ3n) is 4.74. The van der Waals surface area contributed by atoms with Crippen LogP contribution in [0.4, 0.5) is 5.69 Å². The molecule has 3 rings (SSSR count). The van der Waals surface area contributed by atoms with E-state index >= 15 is 0 Å². The van der Waals surface area contributed by atoms with Crippen molar-refractivity contribution in [2.24, 2.45) is 5.92 Å². The number of benzene rings is 2. The average molecular weight is 268 g/mol. The van der Waals surface area contributed by atoms with Crippen LogP contribution in [0.3, 0.4) is 0 Å². The second-order valence-corrected chi connectivity index (χ2v) is 6.28. The topological polar surface area (TPSA) is 15.3 Å². The predicted octanol–water partition coefficient (Wildman–Crippen LogP) is 3.98. The molecule has 1 aliphatic heterocycles. The number of hydrogen-bond donors (Lipinski definition) is 1. The normalized spacial score (nSPS) is 27.6. The van der Waals surface area contributed by atoms with Crippen LogP contribution in [0.15, 0.2) is 42.5 Å². The number of fused-ring (bicyclic) bond motifs is 1. The summed E-state index contributed by atoms with van der Waals surface area (Å²) in [6.45, 7) is 5.85. The Bertz CT molecular complexity index is 587. The second-order valence-electron chi connectivity index (χ2n) is 6.28. The molecular formula is C18H24N2. The molecule has 0 radical (unpaired) electrons. The molecule has 0 aromatic heterocycles. The second kappa shape index (κ2) is 5.45. The molecule has 2 aromatic carbocycles. The fourth-order valence-electron chi connectivity index (χ4n) is 3.29. The highest BCUT2D eigenvalue weighted by Crippen LogP contribution is 2.28. The standard InChI is InChI=1S/C18H24N2/c1-13-12-20(3)14(2)11-18(13)19-17-10-6-8-15-7-4-5-9-16(15)17/h4-10,13-14,18-19H,11-12H2,1-3H3. The molecule has 3 unspecified atom stereocenters. The minimum atomic E-state index is 0.562. The Balaban J connectivity index is 1.86. The molecule has 0 aliphatic carbocycles. The van der Waals surface area contributed by atoms with Gasteiger partial charge in [-0.3, -0.25) is 0 Å². The molecule has 2 aromatic rings. The molecule has 2 nitrogen and oxygen atoms in total. The lowest BCUT2D eigenvalue weighted by atomic mass is 9.89. The van der Waals surface area contributed by atoms with Gasteiger partial charge in [-0.15, -0.1) is 0 Å². The number of hydrogen-bond acceptors (Lipinski definition) is 2. The molecule has 1 aliphatic rings. The summed E-state index contributed by atoms with van der Waals surface area (Å²) in [6, 6.07) is 16.4. The van der Waals surface area contributed by atoms with E-state index in [1.807, 2.05) is 0 Å². The van der Waals surface area contributed by atoms with Crippen LogP contribution in [0.25, 0.3) is 10.8 Å². The summed E-state index contributed by atoms with van der Waals surface area (Å²) in [5.41, 5.74) is 1.27. The molecule has 1 saturated heterocycles. The lowest BCUT2D eigenvalue weighted by Gasteiger charge is -2.40. The summed E-state index contributed by atoms with van der Waals surface area (Å²) in [4.78, 5) is 2.46. The van der Waals surface area contributed by atoms with Crippen molar-refractivity contribution >= 4 is 16.5 Å². The van der Waals surface area contributed by atoms with E-state index in [4.69, 9.17) is 0 Å². The highest BCUT2D eigenvalue weighted by atomic mass is 15.2. The van der Waals surface area contributed by atoms with Crippen LogP contribution >= 0.6 is 0 Å². The third kappa shape index (κ3) is 2.53. The van der Waals surface area contributed by atoms with Gasteiger partial charge in [-0.25, -0.2) is 0 Å². The van der Waals surface area contributed by atoms with Gasteiger partial charge in [0.25, 0.3) is 0 Å². The highest BCUT2D eigenvalue weighted by Gasteiger charge is 2.28. The van der Waals surface area contributed by atoms with E-state index in [1.165, 1.54) is 29.4 Å². The minimum Gasteiger partial charge on any atom is -0.381 e. The van der Waals surface area contributed by atoms with E-state index < -0.39 is 0 Å². The van der Waals surface area contributed by atoms with Gasteiger partial charge < -0.3 is 10.2 Å². The Morgan fingerprint density at radius 2 is 1.80 bits per heavy atom. The lowest BCUT2D eigenvalue weighted by Crippen LogP contribution is -2.48. The fourth-order valence-corrected chi connectivity index (χ4v) is 3.29. The SMILES string of the molecule is CC1CN(C)C(C)CC1Nc1cccc2ccccc12. The average Bonchev–Trinajstić information content (AvgIpc) is 2.45. The molecule has 20 heavy (non-hydrogen) atoms. The first-order valence-corrected chi connectivity index (χ1v) is 7.59. The van der Waals surface area contributed by atoms with Crippen molar-refractivity contribution in [1.29, 1.82) is 0 Å². The first-order valence-electron chi connectivity index (χ1n) is 7.59. The summed E-state index contributed by atoms with van der Waals surface area (Å²) in [7, 11) is 2.23. The van der Waals surface area contributed by atoms with Crippen molar-refractivity contribution in [3.8, 4) is 0 Å². The quantitative estimate of drug-likeness (QED) is 0.886. The van der Waals surface area contributed by atoms with E-state index in [0.29, 0.717) is 18.0 Å². The maximum Gasteiger partial charge on any atom is 0.0422 e. The van der Waals surface area contributed by atoms with Gasteiger partial charge in [0, 0.05) is 29.7 Å². The van der Waals surface area contributed by atoms with Gasteiger partial charge in [0.05, 0.1) is 0 Å².